The van der Waals surface area contributed by atoms with Crippen LogP contribution in [0.2, 0.25) is 0 Å². The third kappa shape index (κ3) is 5.72. The van der Waals surface area contributed by atoms with Crippen LogP contribution in [-0.4, -0.2) is 23.0 Å². The van der Waals surface area contributed by atoms with Crippen LogP contribution >= 0.6 is 0 Å². The van der Waals surface area contributed by atoms with Gasteiger partial charge in [0.25, 0.3) is 0 Å². The van der Waals surface area contributed by atoms with Crippen molar-refractivity contribution in [2.75, 3.05) is 0 Å². The first-order valence-corrected chi connectivity index (χ1v) is 3.86. The second-order valence-electron chi connectivity index (χ2n) is 2.82. The van der Waals surface area contributed by atoms with Crippen molar-refractivity contribution in [3.05, 3.63) is 12.3 Å². The first-order valence-electron chi connectivity index (χ1n) is 3.86. The van der Waals surface area contributed by atoms with Gasteiger partial charge in [0.2, 0.25) is 5.91 Å². The van der Waals surface area contributed by atoms with E-state index in [1.807, 2.05) is 0 Å². The summed E-state index contributed by atoms with van der Waals surface area (Å²) in [5.74, 6) is -1.51. The standard InChI is InChI=1S/C8H14N2O3/c1-5(2)10-6(8(12)13)3-4-7(9)11/h6,10H,1,3-4H2,2H3,(H2,9,11)(H,12,13). The molecule has 0 saturated heterocycles. The van der Waals surface area contributed by atoms with Gasteiger partial charge < -0.3 is 16.2 Å². The summed E-state index contributed by atoms with van der Waals surface area (Å²) >= 11 is 0. The molecule has 0 aliphatic rings. The monoisotopic (exact) mass is 186 g/mol. The fraction of sp³-hybridized carbons (Fsp3) is 0.500. The molecule has 0 fully saturated rings. The highest BCUT2D eigenvalue weighted by molar-refractivity contribution is 5.77. The van der Waals surface area contributed by atoms with Crippen LogP contribution in [0.3, 0.4) is 0 Å². The number of carbonyl (C=O) groups excluding carboxylic acids is 1. The fourth-order valence-corrected chi connectivity index (χ4v) is 0.841. The predicted molar refractivity (Wildman–Crippen MR) is 47.8 cm³/mol. The number of allylic oxidation sites excluding steroid dienone is 1. The van der Waals surface area contributed by atoms with E-state index in [0.717, 1.165) is 0 Å². The molecule has 5 heteroatoms. The minimum absolute atomic E-state index is 0.0528. The van der Waals surface area contributed by atoms with E-state index < -0.39 is 17.9 Å². The van der Waals surface area contributed by atoms with Crippen molar-refractivity contribution in [1.82, 2.24) is 5.32 Å². The van der Waals surface area contributed by atoms with Crippen molar-refractivity contribution in [1.29, 1.82) is 0 Å². The van der Waals surface area contributed by atoms with Crippen molar-refractivity contribution in [3.8, 4) is 0 Å². The van der Waals surface area contributed by atoms with Crippen LogP contribution in [0.25, 0.3) is 0 Å². The number of carboxylic acids is 1. The molecule has 13 heavy (non-hydrogen) atoms. The Kier molecular flexibility index (Phi) is 4.58. The summed E-state index contributed by atoms with van der Waals surface area (Å²) in [7, 11) is 0. The van der Waals surface area contributed by atoms with Gasteiger partial charge in [-0.15, -0.1) is 0 Å². The second-order valence-corrected chi connectivity index (χ2v) is 2.82. The van der Waals surface area contributed by atoms with E-state index in [-0.39, 0.29) is 12.8 Å². The highest BCUT2D eigenvalue weighted by atomic mass is 16.4. The summed E-state index contributed by atoms with van der Waals surface area (Å²) in [4.78, 5) is 21.0. The van der Waals surface area contributed by atoms with Crippen molar-refractivity contribution >= 4 is 11.9 Å². The molecular weight excluding hydrogens is 172 g/mol. The molecule has 0 aliphatic heterocycles. The average molecular weight is 186 g/mol. The number of hydrogen-bond donors (Lipinski definition) is 3. The van der Waals surface area contributed by atoms with Crippen LogP contribution in [0.5, 0.6) is 0 Å². The number of carbonyl (C=O) groups is 2. The van der Waals surface area contributed by atoms with Gasteiger partial charge in [-0.25, -0.2) is 4.79 Å². The van der Waals surface area contributed by atoms with Crippen molar-refractivity contribution in [2.45, 2.75) is 25.8 Å². The van der Waals surface area contributed by atoms with Crippen LogP contribution < -0.4 is 11.1 Å². The van der Waals surface area contributed by atoms with Crippen LogP contribution in [0.4, 0.5) is 0 Å². The summed E-state index contributed by atoms with van der Waals surface area (Å²) in [6.45, 7) is 5.17. The molecule has 0 aromatic carbocycles. The maximum atomic E-state index is 10.6. The van der Waals surface area contributed by atoms with E-state index in [1.54, 1.807) is 6.92 Å². The Morgan fingerprint density at radius 2 is 2.15 bits per heavy atom. The number of primary amides is 1. The van der Waals surface area contributed by atoms with Gasteiger partial charge in [0.1, 0.15) is 6.04 Å². The second kappa shape index (κ2) is 5.18. The Morgan fingerprint density at radius 3 is 2.46 bits per heavy atom. The lowest BCUT2D eigenvalue weighted by molar-refractivity contribution is -0.139. The van der Waals surface area contributed by atoms with Crippen molar-refractivity contribution in [3.63, 3.8) is 0 Å². The Morgan fingerprint density at radius 1 is 1.62 bits per heavy atom. The maximum absolute atomic E-state index is 10.6. The molecule has 0 spiro atoms. The Hall–Kier alpha value is -1.52. The van der Waals surface area contributed by atoms with Crippen LogP contribution in [0.15, 0.2) is 12.3 Å². The van der Waals surface area contributed by atoms with Gasteiger partial charge in [-0.1, -0.05) is 6.58 Å². The minimum Gasteiger partial charge on any atom is -0.480 e. The van der Waals surface area contributed by atoms with E-state index in [9.17, 15) is 9.59 Å². The molecule has 0 rings (SSSR count). The lowest BCUT2D eigenvalue weighted by Gasteiger charge is -2.13. The van der Waals surface area contributed by atoms with Gasteiger partial charge in [0.05, 0.1) is 0 Å². The first kappa shape index (κ1) is 11.5. The zero-order valence-electron chi connectivity index (χ0n) is 7.54. The summed E-state index contributed by atoms with van der Waals surface area (Å²) in [6.07, 6.45) is 0.231. The molecule has 0 aromatic rings. The van der Waals surface area contributed by atoms with E-state index in [0.29, 0.717) is 5.70 Å². The highest BCUT2D eigenvalue weighted by Crippen LogP contribution is 1.99. The predicted octanol–water partition coefficient (Wildman–Crippen LogP) is -0.172. The molecule has 0 radical (unpaired) electrons. The van der Waals surface area contributed by atoms with Gasteiger partial charge in [-0.2, -0.15) is 0 Å². The maximum Gasteiger partial charge on any atom is 0.326 e. The average Bonchev–Trinajstić information content (AvgIpc) is 1.96. The molecule has 1 amide bonds. The number of amides is 1. The van der Waals surface area contributed by atoms with Crippen LogP contribution in [0, 0.1) is 0 Å². The summed E-state index contributed by atoms with van der Waals surface area (Å²) < 4.78 is 0. The van der Waals surface area contributed by atoms with Crippen LogP contribution in [0.1, 0.15) is 19.8 Å². The van der Waals surface area contributed by atoms with Crippen LogP contribution in [-0.2, 0) is 9.59 Å². The number of rotatable bonds is 6. The van der Waals surface area contributed by atoms with Gasteiger partial charge in [0, 0.05) is 12.1 Å². The quantitative estimate of drug-likeness (QED) is 0.537. The minimum atomic E-state index is -1.01. The molecule has 0 saturated carbocycles. The lowest BCUT2D eigenvalue weighted by atomic mass is 10.1. The summed E-state index contributed by atoms with van der Waals surface area (Å²) in [6, 6.07) is -0.787. The molecule has 0 bridgehead atoms. The van der Waals surface area contributed by atoms with Crippen molar-refractivity contribution in [2.24, 2.45) is 5.73 Å². The number of hydrogen-bond acceptors (Lipinski definition) is 3. The normalized spacial score (nSPS) is 11.8. The summed E-state index contributed by atoms with van der Waals surface area (Å²) in [5, 5.41) is 11.3. The number of nitrogens with one attached hydrogen (secondary N) is 1. The van der Waals surface area contributed by atoms with E-state index >= 15 is 0 Å². The Balaban J connectivity index is 4.02. The molecule has 4 N–H and O–H groups in total. The molecule has 74 valence electrons. The number of carboxylic acid groups (broad SMARTS) is 1. The first-order chi connectivity index (χ1) is 5.93. The van der Waals surface area contributed by atoms with Gasteiger partial charge in [-0.05, 0) is 13.3 Å². The Bertz CT molecular complexity index is 225. The third-order valence-corrected chi connectivity index (χ3v) is 1.40. The topological polar surface area (TPSA) is 92.4 Å². The fourth-order valence-electron chi connectivity index (χ4n) is 0.841. The molecule has 1 unspecified atom stereocenters. The molecule has 5 nitrogen and oxygen atoms in total. The van der Waals surface area contributed by atoms with E-state index in [2.05, 4.69) is 11.9 Å². The molecule has 0 heterocycles. The van der Waals surface area contributed by atoms with E-state index in [4.69, 9.17) is 10.8 Å². The van der Waals surface area contributed by atoms with Gasteiger partial charge in [-0.3, -0.25) is 4.79 Å². The van der Waals surface area contributed by atoms with Gasteiger partial charge in [0.15, 0.2) is 0 Å². The van der Waals surface area contributed by atoms with Crippen molar-refractivity contribution < 1.29 is 14.7 Å². The third-order valence-electron chi connectivity index (χ3n) is 1.40. The smallest absolute Gasteiger partial charge is 0.326 e. The largest absolute Gasteiger partial charge is 0.480 e. The molecular formula is C8H14N2O3. The molecule has 1 atom stereocenters. The van der Waals surface area contributed by atoms with Gasteiger partial charge >= 0.3 is 5.97 Å². The Labute approximate surface area is 76.6 Å². The summed E-state index contributed by atoms with van der Waals surface area (Å²) in [5.41, 5.74) is 5.44. The SMILES string of the molecule is C=C(C)NC(CCC(N)=O)C(=O)O. The molecule has 0 aliphatic carbocycles. The number of aliphatic carboxylic acids is 1. The van der Waals surface area contributed by atoms with E-state index in [1.165, 1.54) is 0 Å². The zero-order chi connectivity index (χ0) is 10.4. The highest BCUT2D eigenvalue weighted by Gasteiger charge is 2.16. The number of nitrogens with two attached hydrogens (primary N) is 1. The molecule has 0 aromatic heterocycles. The zero-order valence-corrected chi connectivity index (χ0v) is 7.54. The lowest BCUT2D eigenvalue weighted by Crippen LogP contribution is -2.36.